The largest absolute Gasteiger partial charge is 0.264 e. The number of hydrogen-bond acceptors (Lipinski definition) is 1. The molecule has 0 radical (unpaired) electrons. The minimum absolute atomic E-state index is 0.236. The lowest BCUT2D eigenvalue weighted by Gasteiger charge is -2.24. The highest BCUT2D eigenvalue weighted by atomic mass is 14.8. The number of fused-ring (bicyclic) bond motifs is 1. The molecule has 0 spiro atoms. The highest BCUT2D eigenvalue weighted by molar-refractivity contribution is 5.98. The second-order valence-electron chi connectivity index (χ2n) is 7.05. The van der Waals surface area contributed by atoms with Crippen LogP contribution in [0.15, 0.2) is 28.4 Å². The minimum atomic E-state index is 0.236. The van der Waals surface area contributed by atoms with E-state index in [0.29, 0.717) is 5.92 Å². The van der Waals surface area contributed by atoms with E-state index in [4.69, 9.17) is 0 Å². The first-order chi connectivity index (χ1) is 7.19. The summed E-state index contributed by atoms with van der Waals surface area (Å²) in [6, 6.07) is 0. The van der Waals surface area contributed by atoms with Gasteiger partial charge in [-0.1, -0.05) is 53.2 Å². The summed E-state index contributed by atoms with van der Waals surface area (Å²) in [4.78, 5) is 4.61. The van der Waals surface area contributed by atoms with Gasteiger partial charge in [0.2, 0.25) is 0 Å². The maximum Gasteiger partial charge on any atom is 0.0392 e. The summed E-state index contributed by atoms with van der Waals surface area (Å²) in [5.74, 6) is 0.495. The SMILES string of the molecule is CC(C)(C)C1=CC2C(C(C)(C)C)=CN=C2C1. The van der Waals surface area contributed by atoms with Crippen molar-refractivity contribution >= 4 is 5.71 Å². The van der Waals surface area contributed by atoms with Crippen molar-refractivity contribution in [3.05, 3.63) is 23.4 Å². The topological polar surface area (TPSA) is 12.4 Å². The number of aliphatic imine (C=N–C) groups is 1. The molecule has 1 aliphatic carbocycles. The summed E-state index contributed by atoms with van der Waals surface area (Å²) in [5.41, 5.74) is 4.90. The molecule has 1 atom stereocenters. The Morgan fingerprint density at radius 2 is 1.69 bits per heavy atom. The second-order valence-corrected chi connectivity index (χ2v) is 7.05. The fourth-order valence-electron chi connectivity index (χ4n) is 2.46. The van der Waals surface area contributed by atoms with Crippen LogP contribution in [-0.2, 0) is 0 Å². The van der Waals surface area contributed by atoms with Crippen molar-refractivity contribution in [1.82, 2.24) is 0 Å². The fourth-order valence-corrected chi connectivity index (χ4v) is 2.46. The van der Waals surface area contributed by atoms with Crippen LogP contribution in [0.1, 0.15) is 48.0 Å². The molecule has 0 N–H and O–H groups in total. The average molecular weight is 217 g/mol. The molecule has 0 saturated heterocycles. The molecule has 1 heterocycles. The monoisotopic (exact) mass is 217 g/mol. The molecule has 2 aliphatic rings. The molecule has 1 unspecified atom stereocenters. The van der Waals surface area contributed by atoms with E-state index in [-0.39, 0.29) is 10.8 Å². The predicted molar refractivity (Wildman–Crippen MR) is 70.6 cm³/mol. The van der Waals surface area contributed by atoms with Crippen molar-refractivity contribution in [3.8, 4) is 0 Å². The summed E-state index contributed by atoms with van der Waals surface area (Å²) in [6.45, 7) is 13.7. The average Bonchev–Trinajstić information content (AvgIpc) is 2.53. The Hall–Kier alpha value is -0.850. The van der Waals surface area contributed by atoms with Crippen molar-refractivity contribution in [1.29, 1.82) is 0 Å². The standard InChI is InChI=1S/C15H23N/c1-14(2,3)10-7-11-12(15(4,5)6)9-16-13(11)8-10/h7,9,11H,8H2,1-6H3. The first-order valence-corrected chi connectivity index (χ1v) is 6.18. The maximum absolute atomic E-state index is 4.61. The summed E-state index contributed by atoms with van der Waals surface area (Å²) in [5, 5.41) is 0. The Balaban J connectivity index is 2.28. The van der Waals surface area contributed by atoms with Crippen molar-refractivity contribution in [2.24, 2.45) is 21.7 Å². The van der Waals surface area contributed by atoms with Crippen LogP contribution in [0.4, 0.5) is 0 Å². The van der Waals surface area contributed by atoms with E-state index in [1.54, 1.807) is 5.57 Å². The molecule has 2 rings (SSSR count). The van der Waals surface area contributed by atoms with Crippen LogP contribution in [-0.4, -0.2) is 5.71 Å². The Kier molecular flexibility index (Phi) is 2.41. The smallest absolute Gasteiger partial charge is 0.0392 e. The van der Waals surface area contributed by atoms with Gasteiger partial charge in [-0.2, -0.15) is 0 Å². The van der Waals surface area contributed by atoms with Crippen LogP contribution >= 0.6 is 0 Å². The number of rotatable bonds is 0. The summed E-state index contributed by atoms with van der Waals surface area (Å²) < 4.78 is 0. The van der Waals surface area contributed by atoms with Gasteiger partial charge < -0.3 is 0 Å². The first kappa shape index (κ1) is 11.6. The molecule has 0 aromatic heterocycles. The van der Waals surface area contributed by atoms with Gasteiger partial charge in [-0.15, -0.1) is 0 Å². The zero-order valence-electron chi connectivity index (χ0n) is 11.4. The minimum Gasteiger partial charge on any atom is -0.264 e. The Bertz CT molecular complexity index is 394. The van der Waals surface area contributed by atoms with E-state index in [0.717, 1.165) is 6.42 Å². The highest BCUT2D eigenvalue weighted by Crippen LogP contribution is 2.44. The van der Waals surface area contributed by atoms with Gasteiger partial charge in [-0.3, -0.25) is 4.99 Å². The summed E-state index contributed by atoms with van der Waals surface area (Å²) in [6.07, 6.45) is 5.61. The van der Waals surface area contributed by atoms with Crippen molar-refractivity contribution in [2.45, 2.75) is 48.0 Å². The van der Waals surface area contributed by atoms with Gasteiger partial charge >= 0.3 is 0 Å². The number of allylic oxidation sites excluding steroid dienone is 3. The number of hydrogen-bond donors (Lipinski definition) is 0. The van der Waals surface area contributed by atoms with E-state index in [2.05, 4.69) is 58.8 Å². The lowest BCUT2D eigenvalue weighted by atomic mass is 9.79. The normalized spacial score (nSPS) is 25.1. The van der Waals surface area contributed by atoms with Crippen molar-refractivity contribution in [3.63, 3.8) is 0 Å². The maximum atomic E-state index is 4.61. The molecule has 1 heteroatoms. The number of nitrogens with zero attached hydrogens (tertiary/aromatic N) is 1. The molecule has 0 aromatic rings. The van der Waals surface area contributed by atoms with E-state index < -0.39 is 0 Å². The predicted octanol–water partition coefficient (Wildman–Crippen LogP) is 4.36. The quantitative estimate of drug-likeness (QED) is 0.534. The van der Waals surface area contributed by atoms with Crippen LogP contribution < -0.4 is 0 Å². The second kappa shape index (κ2) is 3.32. The lowest BCUT2D eigenvalue weighted by Crippen LogP contribution is -2.17. The van der Waals surface area contributed by atoms with Crippen LogP contribution in [0, 0.1) is 16.7 Å². The zero-order chi connectivity index (χ0) is 12.1. The molecule has 0 amide bonds. The molecular formula is C15H23N. The van der Waals surface area contributed by atoms with E-state index in [1.807, 2.05) is 0 Å². The van der Waals surface area contributed by atoms with Crippen LogP contribution in [0.3, 0.4) is 0 Å². The van der Waals surface area contributed by atoms with Crippen LogP contribution in [0.25, 0.3) is 0 Å². The van der Waals surface area contributed by atoms with E-state index in [1.165, 1.54) is 11.3 Å². The van der Waals surface area contributed by atoms with Crippen molar-refractivity contribution < 1.29 is 0 Å². The Morgan fingerprint density at radius 1 is 1.06 bits per heavy atom. The van der Waals surface area contributed by atoms with Crippen molar-refractivity contribution in [2.75, 3.05) is 0 Å². The molecule has 0 saturated carbocycles. The van der Waals surface area contributed by atoms with Gasteiger partial charge in [0.15, 0.2) is 0 Å². The highest BCUT2D eigenvalue weighted by Gasteiger charge is 2.37. The molecule has 16 heavy (non-hydrogen) atoms. The first-order valence-electron chi connectivity index (χ1n) is 6.18. The van der Waals surface area contributed by atoms with Crippen LogP contribution in [0.2, 0.25) is 0 Å². The molecule has 0 bridgehead atoms. The van der Waals surface area contributed by atoms with E-state index >= 15 is 0 Å². The molecule has 88 valence electrons. The summed E-state index contributed by atoms with van der Waals surface area (Å²) in [7, 11) is 0. The lowest BCUT2D eigenvalue weighted by molar-refractivity contribution is 0.478. The molecule has 1 aliphatic heterocycles. The third-order valence-electron chi connectivity index (χ3n) is 3.63. The molecule has 0 fully saturated rings. The van der Waals surface area contributed by atoms with Gasteiger partial charge in [0.1, 0.15) is 0 Å². The Labute approximate surface area is 99.4 Å². The van der Waals surface area contributed by atoms with E-state index in [9.17, 15) is 0 Å². The molecule has 0 aromatic carbocycles. The molecule has 1 nitrogen and oxygen atoms in total. The van der Waals surface area contributed by atoms with Gasteiger partial charge in [-0.25, -0.2) is 0 Å². The Morgan fingerprint density at radius 3 is 2.19 bits per heavy atom. The van der Waals surface area contributed by atoms with Crippen LogP contribution in [0.5, 0.6) is 0 Å². The fraction of sp³-hybridized carbons (Fsp3) is 0.667. The molecular weight excluding hydrogens is 194 g/mol. The summed E-state index contributed by atoms with van der Waals surface area (Å²) >= 11 is 0. The zero-order valence-corrected chi connectivity index (χ0v) is 11.4. The van der Waals surface area contributed by atoms with Gasteiger partial charge in [0.05, 0.1) is 0 Å². The third kappa shape index (κ3) is 1.88. The van der Waals surface area contributed by atoms with Gasteiger partial charge in [0.25, 0.3) is 0 Å². The van der Waals surface area contributed by atoms with Gasteiger partial charge in [-0.05, 0) is 16.4 Å². The third-order valence-corrected chi connectivity index (χ3v) is 3.63. The van der Waals surface area contributed by atoms with Gasteiger partial charge in [0, 0.05) is 24.3 Å².